The second-order valence-electron chi connectivity index (χ2n) is 9.40. The number of halogens is 1. The number of amides is 1. The van der Waals surface area contributed by atoms with Crippen LogP contribution in [-0.2, 0) is 22.6 Å². The van der Waals surface area contributed by atoms with Crippen molar-refractivity contribution in [1.82, 2.24) is 5.32 Å². The third-order valence-electron chi connectivity index (χ3n) is 6.52. The van der Waals surface area contributed by atoms with Crippen molar-refractivity contribution < 1.29 is 47.1 Å². The zero-order valence-corrected chi connectivity index (χ0v) is 24.3. The third-order valence-corrected chi connectivity index (χ3v) is 7.16. The van der Waals surface area contributed by atoms with Crippen LogP contribution in [0.4, 0.5) is 4.39 Å². The normalized spacial score (nSPS) is 11.5. The Morgan fingerprint density at radius 2 is 1.78 bits per heavy atom. The number of carbonyl (C=O) groups is 2. The van der Waals surface area contributed by atoms with Crippen LogP contribution in [0.3, 0.4) is 0 Å². The van der Waals surface area contributed by atoms with Gasteiger partial charge in [0.2, 0.25) is 0 Å². The van der Waals surface area contributed by atoms with Crippen LogP contribution in [0.15, 0.2) is 83.3 Å². The first-order valence-electron chi connectivity index (χ1n) is 13.0. The number of thioether (sulfide) groups is 1. The van der Waals surface area contributed by atoms with E-state index in [1.165, 1.54) is 23.9 Å². The Morgan fingerprint density at radius 3 is 2.49 bits per heavy atom. The number of carboxylic acid groups (broad SMARTS) is 1. The molecule has 1 N–H and O–H groups in total. The van der Waals surface area contributed by atoms with E-state index >= 15 is 0 Å². The molecule has 41 heavy (non-hydrogen) atoms. The Labute approximate surface area is 255 Å². The van der Waals surface area contributed by atoms with Crippen molar-refractivity contribution >= 4 is 23.6 Å². The Bertz CT molecular complexity index is 1460. The first-order valence-corrected chi connectivity index (χ1v) is 14.4. The van der Waals surface area contributed by atoms with E-state index in [2.05, 4.69) is 5.32 Å². The average Bonchev–Trinajstić information content (AvgIpc) is 3.42. The fraction of sp³-hybridized carbons (Fsp3) is 0.250. The van der Waals surface area contributed by atoms with E-state index in [0.29, 0.717) is 42.3 Å². The molecule has 1 amide bonds. The van der Waals surface area contributed by atoms with Gasteiger partial charge in [0.1, 0.15) is 17.3 Å². The second kappa shape index (κ2) is 15.6. The average molecular weight is 568 g/mol. The van der Waals surface area contributed by atoms with Crippen LogP contribution < -0.4 is 29.3 Å². The number of ether oxygens (including phenoxy) is 1. The topological polar surface area (TPSA) is 91.6 Å². The SMILES string of the molecule is CSCC[C@H](NC(=O)c1ccc(COCCc2ccc(-c3ccc(F)cc3)o2)cc1-c1ccccc1C)C(=O)[O-].[Li+]. The molecule has 0 bridgehead atoms. The number of rotatable bonds is 13. The molecular formula is C32H31FLiNO5S. The van der Waals surface area contributed by atoms with E-state index < -0.39 is 17.9 Å². The van der Waals surface area contributed by atoms with Gasteiger partial charge in [-0.15, -0.1) is 0 Å². The number of nitrogens with one attached hydrogen (secondary N) is 1. The molecule has 1 atom stereocenters. The van der Waals surface area contributed by atoms with Crippen molar-refractivity contribution in [2.24, 2.45) is 0 Å². The fourth-order valence-corrected chi connectivity index (χ4v) is 4.81. The number of hydrogen-bond acceptors (Lipinski definition) is 6. The van der Waals surface area contributed by atoms with Gasteiger partial charge in [0.25, 0.3) is 5.91 Å². The summed E-state index contributed by atoms with van der Waals surface area (Å²) in [5.74, 6) is -0.0408. The molecule has 6 nitrogen and oxygen atoms in total. The van der Waals surface area contributed by atoms with Gasteiger partial charge in [-0.1, -0.05) is 30.3 Å². The van der Waals surface area contributed by atoms with Crippen LogP contribution in [0.2, 0.25) is 0 Å². The van der Waals surface area contributed by atoms with Gasteiger partial charge in [-0.25, -0.2) is 4.39 Å². The zero-order chi connectivity index (χ0) is 28.5. The van der Waals surface area contributed by atoms with Gasteiger partial charge in [-0.2, -0.15) is 11.8 Å². The molecule has 1 heterocycles. The molecule has 0 saturated carbocycles. The number of aliphatic carboxylic acids is 1. The fourth-order valence-electron chi connectivity index (χ4n) is 4.34. The molecule has 0 aliphatic rings. The number of furan rings is 1. The van der Waals surface area contributed by atoms with Crippen LogP contribution >= 0.6 is 11.8 Å². The van der Waals surface area contributed by atoms with Crippen molar-refractivity contribution in [3.63, 3.8) is 0 Å². The van der Waals surface area contributed by atoms with E-state index in [1.54, 1.807) is 18.2 Å². The molecular weight excluding hydrogens is 536 g/mol. The number of carboxylic acids is 1. The minimum atomic E-state index is -1.30. The molecule has 0 spiro atoms. The molecule has 0 aliphatic carbocycles. The summed E-state index contributed by atoms with van der Waals surface area (Å²) in [6.45, 7) is 2.70. The zero-order valence-electron chi connectivity index (χ0n) is 23.4. The summed E-state index contributed by atoms with van der Waals surface area (Å²) in [7, 11) is 0. The molecule has 9 heteroatoms. The summed E-state index contributed by atoms with van der Waals surface area (Å²) in [6, 6.07) is 22.0. The summed E-state index contributed by atoms with van der Waals surface area (Å²) < 4.78 is 25.0. The van der Waals surface area contributed by atoms with Gasteiger partial charge in [0.15, 0.2) is 0 Å². The predicted molar refractivity (Wildman–Crippen MR) is 153 cm³/mol. The maximum atomic E-state index is 13.2. The quantitative estimate of drug-likeness (QED) is 0.197. The molecule has 4 rings (SSSR count). The summed E-state index contributed by atoms with van der Waals surface area (Å²) >= 11 is 1.51. The Morgan fingerprint density at radius 1 is 1.02 bits per heavy atom. The van der Waals surface area contributed by atoms with E-state index in [1.807, 2.05) is 61.7 Å². The summed E-state index contributed by atoms with van der Waals surface area (Å²) in [5.41, 5.74) is 4.64. The van der Waals surface area contributed by atoms with Crippen LogP contribution in [0, 0.1) is 12.7 Å². The third kappa shape index (κ3) is 8.85. The van der Waals surface area contributed by atoms with Crippen LogP contribution in [-0.4, -0.2) is 36.5 Å². The Kier molecular flexibility index (Phi) is 12.3. The molecule has 4 aromatic rings. The minimum absolute atomic E-state index is 0. The van der Waals surface area contributed by atoms with Gasteiger partial charge in [0, 0.05) is 17.5 Å². The molecule has 0 fully saturated rings. The molecule has 1 aromatic heterocycles. The van der Waals surface area contributed by atoms with E-state index in [4.69, 9.17) is 9.15 Å². The van der Waals surface area contributed by atoms with Crippen LogP contribution in [0.5, 0.6) is 0 Å². The van der Waals surface area contributed by atoms with Gasteiger partial charge in [0.05, 0.1) is 25.2 Å². The molecule has 0 saturated heterocycles. The first kappa shape index (κ1) is 32.2. The van der Waals surface area contributed by atoms with E-state index in [9.17, 15) is 19.1 Å². The monoisotopic (exact) mass is 567 g/mol. The van der Waals surface area contributed by atoms with Crippen molar-refractivity contribution in [3.05, 3.63) is 107 Å². The molecule has 208 valence electrons. The van der Waals surface area contributed by atoms with Crippen molar-refractivity contribution in [2.75, 3.05) is 18.6 Å². The van der Waals surface area contributed by atoms with Gasteiger partial charge < -0.3 is 24.4 Å². The van der Waals surface area contributed by atoms with Gasteiger partial charge >= 0.3 is 18.9 Å². The maximum absolute atomic E-state index is 13.2. The van der Waals surface area contributed by atoms with Crippen molar-refractivity contribution in [2.45, 2.75) is 32.4 Å². The van der Waals surface area contributed by atoms with Crippen LogP contribution in [0.25, 0.3) is 22.5 Å². The smallest absolute Gasteiger partial charge is 0.548 e. The standard InChI is InChI=1S/C32H32FNO5S.Li/c1-21-5-3-4-6-26(21)28-19-22(7-13-27(28)31(35)34-29(32(36)37)16-18-40-2)20-38-17-15-25-12-14-30(39-25)23-8-10-24(33)11-9-23;/h3-14,19,29H,15-18,20H2,1-2H3,(H,34,35)(H,36,37);/q;+1/p-1/t29-;/m0./s1. The summed E-state index contributed by atoms with van der Waals surface area (Å²) in [5, 5.41) is 14.2. The first-order chi connectivity index (χ1) is 19.4. The molecule has 0 aliphatic heterocycles. The van der Waals surface area contributed by atoms with Crippen molar-refractivity contribution in [3.8, 4) is 22.5 Å². The minimum Gasteiger partial charge on any atom is -0.548 e. The largest absolute Gasteiger partial charge is 1.00 e. The second-order valence-corrected chi connectivity index (χ2v) is 10.4. The number of benzene rings is 3. The molecule has 0 radical (unpaired) electrons. The van der Waals surface area contributed by atoms with Crippen LogP contribution in [0.1, 0.15) is 33.7 Å². The Balaban J connectivity index is 0.00000462. The maximum Gasteiger partial charge on any atom is 1.00 e. The van der Waals surface area contributed by atoms with E-state index in [-0.39, 0.29) is 31.1 Å². The Hall–Kier alpha value is -3.28. The number of aryl methyl sites for hydroxylation is 1. The molecule has 0 unspecified atom stereocenters. The number of hydrogen-bond donors (Lipinski definition) is 1. The van der Waals surface area contributed by atoms with Gasteiger partial charge in [-0.3, -0.25) is 4.79 Å². The van der Waals surface area contributed by atoms with Gasteiger partial charge in [-0.05, 0) is 96.1 Å². The predicted octanol–water partition coefficient (Wildman–Crippen LogP) is 2.43. The van der Waals surface area contributed by atoms with Crippen molar-refractivity contribution in [1.29, 1.82) is 0 Å². The number of carbonyl (C=O) groups excluding carboxylic acids is 2. The molecule has 3 aromatic carbocycles. The summed E-state index contributed by atoms with van der Waals surface area (Å²) in [4.78, 5) is 24.8. The van der Waals surface area contributed by atoms with E-state index in [0.717, 1.165) is 28.0 Å². The summed E-state index contributed by atoms with van der Waals surface area (Å²) in [6.07, 6.45) is 2.72.